The maximum atomic E-state index is 12.1. The maximum absolute atomic E-state index is 12.1. The van der Waals surface area contributed by atoms with Gasteiger partial charge in [0, 0.05) is 18.5 Å². The summed E-state index contributed by atoms with van der Waals surface area (Å²) in [5.74, 6) is 6.50. The monoisotopic (exact) mass is 248 g/mol. The molecule has 1 aromatic rings. The summed E-state index contributed by atoms with van der Waals surface area (Å²) >= 11 is 1.50. The van der Waals surface area contributed by atoms with Crippen molar-refractivity contribution in [1.29, 1.82) is 0 Å². The lowest BCUT2D eigenvalue weighted by molar-refractivity contribution is 0.0788. The number of amides is 1. The van der Waals surface area contributed by atoms with Crippen molar-refractivity contribution in [2.45, 2.75) is 13.3 Å². The largest absolute Gasteiger partial charge is 0.338 e. The van der Waals surface area contributed by atoms with Gasteiger partial charge in [-0.3, -0.25) is 4.79 Å². The van der Waals surface area contributed by atoms with Crippen molar-refractivity contribution < 1.29 is 4.79 Å². The number of hydrogen-bond donors (Lipinski definition) is 1. The van der Waals surface area contributed by atoms with Gasteiger partial charge >= 0.3 is 0 Å². The average Bonchev–Trinajstić information content (AvgIpc) is 2.94. The molecule has 90 valence electrons. The van der Waals surface area contributed by atoms with Gasteiger partial charge < -0.3 is 10.6 Å². The van der Waals surface area contributed by atoms with E-state index in [0.717, 1.165) is 30.0 Å². The van der Waals surface area contributed by atoms with E-state index in [0.29, 0.717) is 12.5 Å². The Morgan fingerprint density at radius 1 is 1.71 bits per heavy atom. The van der Waals surface area contributed by atoms with Gasteiger partial charge in [0.2, 0.25) is 0 Å². The van der Waals surface area contributed by atoms with Crippen LogP contribution in [0.1, 0.15) is 28.6 Å². The summed E-state index contributed by atoms with van der Waals surface area (Å²) < 4.78 is 0. The third-order valence-electron chi connectivity index (χ3n) is 2.87. The van der Waals surface area contributed by atoms with E-state index in [2.05, 4.69) is 18.8 Å². The first-order chi connectivity index (χ1) is 8.20. The van der Waals surface area contributed by atoms with Gasteiger partial charge in [-0.1, -0.05) is 18.8 Å². The van der Waals surface area contributed by atoms with E-state index in [9.17, 15) is 4.79 Å². The highest BCUT2D eigenvalue weighted by Crippen LogP contribution is 2.20. The van der Waals surface area contributed by atoms with Gasteiger partial charge in [-0.2, -0.15) is 0 Å². The second-order valence-electron chi connectivity index (χ2n) is 4.35. The number of likely N-dealkylation sites (tertiary alicyclic amines) is 1. The van der Waals surface area contributed by atoms with Crippen LogP contribution in [-0.4, -0.2) is 30.4 Å². The number of hydrogen-bond acceptors (Lipinski definition) is 3. The second kappa shape index (κ2) is 5.35. The normalized spacial score (nSPS) is 18.9. The molecule has 3 nitrogen and oxygen atoms in total. The predicted molar refractivity (Wildman–Crippen MR) is 69.9 cm³/mol. The first-order valence-electron chi connectivity index (χ1n) is 5.77. The molecule has 0 bridgehead atoms. The van der Waals surface area contributed by atoms with E-state index < -0.39 is 0 Å². The van der Waals surface area contributed by atoms with Gasteiger partial charge in [0.25, 0.3) is 5.91 Å². The molecule has 17 heavy (non-hydrogen) atoms. The van der Waals surface area contributed by atoms with Gasteiger partial charge in [0.15, 0.2) is 0 Å². The van der Waals surface area contributed by atoms with Crippen LogP contribution in [-0.2, 0) is 0 Å². The molecule has 1 atom stereocenters. The van der Waals surface area contributed by atoms with Crippen LogP contribution in [0.25, 0.3) is 0 Å². The average molecular weight is 248 g/mol. The highest BCUT2D eigenvalue weighted by Gasteiger charge is 2.24. The molecule has 1 aromatic heterocycles. The van der Waals surface area contributed by atoms with E-state index in [4.69, 9.17) is 5.73 Å². The quantitative estimate of drug-likeness (QED) is 0.766. The van der Waals surface area contributed by atoms with Gasteiger partial charge in [0.05, 0.1) is 17.0 Å². The summed E-state index contributed by atoms with van der Waals surface area (Å²) in [6, 6.07) is 1.86. The van der Waals surface area contributed by atoms with Crippen molar-refractivity contribution in [2.75, 3.05) is 19.6 Å². The summed E-state index contributed by atoms with van der Waals surface area (Å²) in [6.07, 6.45) is 1.11. The van der Waals surface area contributed by atoms with Crippen molar-refractivity contribution in [3.63, 3.8) is 0 Å². The van der Waals surface area contributed by atoms with Crippen LogP contribution >= 0.6 is 11.3 Å². The topological polar surface area (TPSA) is 46.3 Å². The molecule has 0 saturated carbocycles. The lowest BCUT2D eigenvalue weighted by Crippen LogP contribution is -2.27. The molecule has 4 heteroatoms. The van der Waals surface area contributed by atoms with Gasteiger partial charge in [0.1, 0.15) is 0 Å². The highest BCUT2D eigenvalue weighted by atomic mass is 32.1. The predicted octanol–water partition coefficient (Wildman–Crippen LogP) is 1.54. The molecule has 0 aliphatic carbocycles. The zero-order chi connectivity index (χ0) is 12.3. The van der Waals surface area contributed by atoms with Crippen LogP contribution in [0.5, 0.6) is 0 Å². The van der Waals surface area contributed by atoms with Crippen LogP contribution in [0.4, 0.5) is 0 Å². The number of rotatable bonds is 1. The SMILES string of the molecule is CC1CCN(C(=O)c2csc(C#CCN)c2)C1. The molecule has 1 fully saturated rings. The minimum atomic E-state index is 0.131. The standard InChI is InChI=1S/C13H16N2OS/c1-10-4-6-15(8-10)13(16)11-7-12(17-9-11)3-2-5-14/h7,9-10H,4-6,8,14H2,1H3. The van der Waals surface area contributed by atoms with Crippen LogP contribution in [0.2, 0.25) is 0 Å². The van der Waals surface area contributed by atoms with Crippen molar-refractivity contribution in [3.05, 3.63) is 21.9 Å². The molecule has 0 aromatic carbocycles. The number of carbonyl (C=O) groups is 1. The number of carbonyl (C=O) groups excluding carboxylic acids is 1. The fraction of sp³-hybridized carbons (Fsp3) is 0.462. The second-order valence-corrected chi connectivity index (χ2v) is 5.26. The smallest absolute Gasteiger partial charge is 0.254 e. The summed E-state index contributed by atoms with van der Waals surface area (Å²) in [7, 11) is 0. The van der Waals surface area contributed by atoms with E-state index in [1.807, 2.05) is 16.3 Å². The van der Waals surface area contributed by atoms with Crippen LogP contribution in [0.15, 0.2) is 11.4 Å². The summed E-state index contributed by atoms with van der Waals surface area (Å²) in [5, 5.41) is 1.88. The van der Waals surface area contributed by atoms with Crippen LogP contribution in [0, 0.1) is 17.8 Å². The molecule has 2 rings (SSSR count). The molecule has 1 amide bonds. The maximum Gasteiger partial charge on any atom is 0.254 e. The Morgan fingerprint density at radius 3 is 3.18 bits per heavy atom. The molecule has 1 unspecified atom stereocenters. The minimum absolute atomic E-state index is 0.131. The minimum Gasteiger partial charge on any atom is -0.338 e. The zero-order valence-corrected chi connectivity index (χ0v) is 10.7. The Hall–Kier alpha value is -1.31. The molecular formula is C13H16N2OS. The molecular weight excluding hydrogens is 232 g/mol. The first-order valence-corrected chi connectivity index (χ1v) is 6.65. The van der Waals surface area contributed by atoms with Crippen molar-refractivity contribution in [1.82, 2.24) is 4.90 Å². The van der Waals surface area contributed by atoms with E-state index >= 15 is 0 Å². The van der Waals surface area contributed by atoms with Gasteiger partial charge in [-0.25, -0.2) is 0 Å². The van der Waals surface area contributed by atoms with E-state index in [-0.39, 0.29) is 5.91 Å². The Kier molecular flexibility index (Phi) is 3.82. The molecule has 0 spiro atoms. The molecule has 1 saturated heterocycles. The summed E-state index contributed by atoms with van der Waals surface area (Å²) in [4.78, 5) is 15.0. The zero-order valence-electron chi connectivity index (χ0n) is 9.90. The fourth-order valence-corrected chi connectivity index (χ4v) is 2.70. The summed E-state index contributed by atoms with van der Waals surface area (Å²) in [6.45, 7) is 4.28. The molecule has 1 aliphatic rings. The number of nitrogens with two attached hydrogens (primary N) is 1. The Morgan fingerprint density at radius 2 is 2.53 bits per heavy atom. The lowest BCUT2D eigenvalue weighted by Gasteiger charge is -2.14. The first kappa shape index (κ1) is 12.2. The molecule has 1 aliphatic heterocycles. The van der Waals surface area contributed by atoms with Gasteiger partial charge in [-0.05, 0) is 18.4 Å². The van der Waals surface area contributed by atoms with Crippen LogP contribution < -0.4 is 5.73 Å². The third kappa shape index (κ3) is 2.87. The fourth-order valence-electron chi connectivity index (χ4n) is 1.95. The van der Waals surface area contributed by atoms with Crippen molar-refractivity contribution in [2.24, 2.45) is 11.7 Å². The lowest BCUT2D eigenvalue weighted by atomic mass is 10.2. The van der Waals surface area contributed by atoms with E-state index in [1.165, 1.54) is 11.3 Å². The highest BCUT2D eigenvalue weighted by molar-refractivity contribution is 7.10. The Balaban J connectivity index is 2.07. The molecule has 2 heterocycles. The number of nitrogens with zero attached hydrogens (tertiary/aromatic N) is 1. The number of thiophene rings is 1. The van der Waals surface area contributed by atoms with Crippen molar-refractivity contribution >= 4 is 17.2 Å². The van der Waals surface area contributed by atoms with E-state index in [1.54, 1.807) is 0 Å². The van der Waals surface area contributed by atoms with Crippen molar-refractivity contribution in [3.8, 4) is 11.8 Å². The summed E-state index contributed by atoms with van der Waals surface area (Å²) in [5.41, 5.74) is 6.07. The molecule has 2 N–H and O–H groups in total. The van der Waals surface area contributed by atoms with Crippen LogP contribution in [0.3, 0.4) is 0 Å². The molecule has 0 radical (unpaired) electrons. The third-order valence-corrected chi connectivity index (χ3v) is 3.72. The van der Waals surface area contributed by atoms with Gasteiger partial charge in [-0.15, -0.1) is 11.3 Å². The Labute approximate surface area is 106 Å². The Bertz CT molecular complexity index is 469.